The Labute approximate surface area is 149 Å². The number of imidazole rings is 1. The number of halogens is 1. The number of carbonyl (C=O) groups excluding carboxylic acids is 1. The fraction of sp³-hybridized carbons (Fsp3) is 0.333. The average molecular weight is 389 g/mol. The van der Waals surface area contributed by atoms with Gasteiger partial charge in [-0.15, -0.1) is 0 Å². The molecule has 0 aliphatic heterocycles. The summed E-state index contributed by atoms with van der Waals surface area (Å²) in [5.74, 6) is 1.01. The van der Waals surface area contributed by atoms with Crippen molar-refractivity contribution < 1.29 is 4.79 Å². The smallest absolute Gasteiger partial charge is 0.246 e. The van der Waals surface area contributed by atoms with E-state index in [1.165, 1.54) is 0 Å². The van der Waals surface area contributed by atoms with Gasteiger partial charge in [-0.25, -0.2) is 4.98 Å². The van der Waals surface area contributed by atoms with Gasteiger partial charge in [0.05, 0.1) is 0 Å². The zero-order valence-electron chi connectivity index (χ0n) is 14.1. The molecule has 0 radical (unpaired) electrons. The van der Waals surface area contributed by atoms with Crippen molar-refractivity contribution in [3.05, 3.63) is 46.8 Å². The van der Waals surface area contributed by atoms with Gasteiger partial charge in [0, 0.05) is 40.0 Å². The first kappa shape index (κ1) is 16.8. The van der Waals surface area contributed by atoms with Crippen molar-refractivity contribution in [1.29, 1.82) is 0 Å². The number of fused-ring (bicyclic) bond motifs is 1. The van der Waals surface area contributed by atoms with Crippen LogP contribution in [0.3, 0.4) is 0 Å². The lowest BCUT2D eigenvalue weighted by atomic mass is 10.2. The standard InChI is InChI=1S/C18H21BrN4O/c1-12(2)10-22-9-8-20-18(22)21-16(24)11-23-13(3)17(19)14-6-4-5-7-15(14)23/h4-9,12H,10-11H2,1-3H3,(H,20,21,24). The number of carbonyl (C=O) groups is 1. The number of hydrogen-bond acceptors (Lipinski definition) is 2. The summed E-state index contributed by atoms with van der Waals surface area (Å²) in [6.45, 7) is 7.37. The summed E-state index contributed by atoms with van der Waals surface area (Å²) < 4.78 is 5.02. The molecule has 0 saturated heterocycles. The zero-order valence-corrected chi connectivity index (χ0v) is 15.7. The molecule has 3 aromatic rings. The van der Waals surface area contributed by atoms with Gasteiger partial charge in [0.25, 0.3) is 0 Å². The topological polar surface area (TPSA) is 51.9 Å². The second-order valence-corrected chi connectivity index (χ2v) is 7.14. The van der Waals surface area contributed by atoms with E-state index in [0.717, 1.165) is 27.6 Å². The van der Waals surface area contributed by atoms with E-state index in [-0.39, 0.29) is 12.5 Å². The molecule has 0 aliphatic rings. The van der Waals surface area contributed by atoms with Gasteiger partial charge in [-0.05, 0) is 34.8 Å². The van der Waals surface area contributed by atoms with Crippen molar-refractivity contribution in [3.63, 3.8) is 0 Å². The molecule has 0 bridgehead atoms. The number of para-hydroxylation sites is 1. The van der Waals surface area contributed by atoms with E-state index < -0.39 is 0 Å². The highest BCUT2D eigenvalue weighted by Gasteiger charge is 2.15. The van der Waals surface area contributed by atoms with Crippen LogP contribution in [0.25, 0.3) is 10.9 Å². The highest BCUT2D eigenvalue weighted by molar-refractivity contribution is 9.10. The lowest BCUT2D eigenvalue weighted by molar-refractivity contribution is -0.116. The van der Waals surface area contributed by atoms with E-state index in [1.54, 1.807) is 6.20 Å². The predicted octanol–water partition coefficient (Wildman–Crippen LogP) is 4.20. The Bertz CT molecular complexity index is 878. The summed E-state index contributed by atoms with van der Waals surface area (Å²) in [7, 11) is 0. The Kier molecular flexibility index (Phi) is 4.76. The number of rotatable bonds is 5. The van der Waals surface area contributed by atoms with E-state index in [0.29, 0.717) is 11.9 Å². The van der Waals surface area contributed by atoms with Gasteiger partial charge < -0.3 is 9.13 Å². The van der Waals surface area contributed by atoms with Crippen LogP contribution in [0.2, 0.25) is 0 Å². The molecule has 126 valence electrons. The van der Waals surface area contributed by atoms with Crippen LogP contribution in [0, 0.1) is 12.8 Å². The maximum absolute atomic E-state index is 12.5. The minimum Gasteiger partial charge on any atom is -0.334 e. The van der Waals surface area contributed by atoms with Gasteiger partial charge in [-0.3, -0.25) is 10.1 Å². The van der Waals surface area contributed by atoms with Gasteiger partial charge in [-0.2, -0.15) is 0 Å². The Morgan fingerprint density at radius 1 is 1.33 bits per heavy atom. The number of nitrogens with zero attached hydrogens (tertiary/aromatic N) is 3. The van der Waals surface area contributed by atoms with Gasteiger partial charge in [-0.1, -0.05) is 32.0 Å². The maximum atomic E-state index is 12.5. The number of amides is 1. The molecule has 1 aromatic carbocycles. The summed E-state index contributed by atoms with van der Waals surface area (Å²) in [4.78, 5) is 16.8. The third-order valence-corrected chi connectivity index (χ3v) is 4.99. The van der Waals surface area contributed by atoms with Crippen molar-refractivity contribution in [2.24, 2.45) is 5.92 Å². The van der Waals surface area contributed by atoms with Crippen LogP contribution in [-0.2, 0) is 17.9 Å². The second-order valence-electron chi connectivity index (χ2n) is 6.35. The average Bonchev–Trinajstić information content (AvgIpc) is 3.06. The minimum atomic E-state index is -0.0810. The molecule has 5 nitrogen and oxygen atoms in total. The first-order chi connectivity index (χ1) is 11.5. The summed E-state index contributed by atoms with van der Waals surface area (Å²) in [6, 6.07) is 8.06. The van der Waals surface area contributed by atoms with Crippen molar-refractivity contribution in [1.82, 2.24) is 14.1 Å². The SMILES string of the molecule is Cc1c(Br)c2ccccc2n1CC(=O)Nc1nccn1CC(C)C. The monoisotopic (exact) mass is 388 g/mol. The van der Waals surface area contributed by atoms with Crippen LogP contribution in [0.15, 0.2) is 41.1 Å². The molecule has 0 unspecified atom stereocenters. The molecule has 0 atom stereocenters. The number of nitrogens with one attached hydrogen (secondary N) is 1. The molecule has 6 heteroatoms. The van der Waals surface area contributed by atoms with Crippen molar-refractivity contribution >= 4 is 38.7 Å². The van der Waals surface area contributed by atoms with Gasteiger partial charge in [0.15, 0.2) is 0 Å². The number of anilines is 1. The van der Waals surface area contributed by atoms with Gasteiger partial charge in [0.1, 0.15) is 6.54 Å². The van der Waals surface area contributed by atoms with Crippen LogP contribution >= 0.6 is 15.9 Å². The molecule has 2 aromatic heterocycles. The molecule has 2 heterocycles. The Balaban J connectivity index is 1.81. The normalized spacial score (nSPS) is 11.4. The first-order valence-corrected chi connectivity index (χ1v) is 8.81. The lowest BCUT2D eigenvalue weighted by Crippen LogP contribution is -2.22. The van der Waals surface area contributed by atoms with Crippen LogP contribution in [0.4, 0.5) is 5.95 Å². The van der Waals surface area contributed by atoms with E-state index in [9.17, 15) is 4.79 Å². The molecule has 0 spiro atoms. The molecule has 1 N–H and O–H groups in total. The quantitative estimate of drug-likeness (QED) is 0.711. The molecule has 0 saturated carbocycles. The van der Waals surface area contributed by atoms with Crippen LogP contribution in [0.5, 0.6) is 0 Å². The Hall–Kier alpha value is -2.08. The lowest BCUT2D eigenvalue weighted by Gasteiger charge is -2.12. The fourth-order valence-corrected chi connectivity index (χ4v) is 3.42. The predicted molar refractivity (Wildman–Crippen MR) is 100 cm³/mol. The van der Waals surface area contributed by atoms with Crippen molar-refractivity contribution in [2.75, 3.05) is 5.32 Å². The fourth-order valence-electron chi connectivity index (χ4n) is 2.87. The summed E-state index contributed by atoms with van der Waals surface area (Å²) in [5.41, 5.74) is 2.08. The molecule has 1 amide bonds. The molecule has 0 aliphatic carbocycles. The van der Waals surface area contributed by atoms with Gasteiger partial charge in [0.2, 0.25) is 11.9 Å². The minimum absolute atomic E-state index is 0.0810. The van der Waals surface area contributed by atoms with Crippen LogP contribution in [0.1, 0.15) is 19.5 Å². The third kappa shape index (κ3) is 3.24. The van der Waals surface area contributed by atoms with Crippen LogP contribution in [-0.4, -0.2) is 20.0 Å². The zero-order chi connectivity index (χ0) is 17.3. The molecule has 0 fully saturated rings. The number of aromatic nitrogens is 3. The summed E-state index contributed by atoms with van der Waals surface area (Å²) in [5, 5.41) is 4.04. The van der Waals surface area contributed by atoms with E-state index in [1.807, 2.05) is 40.5 Å². The van der Waals surface area contributed by atoms with Crippen molar-refractivity contribution in [3.8, 4) is 0 Å². The summed E-state index contributed by atoms with van der Waals surface area (Å²) >= 11 is 3.62. The highest BCUT2D eigenvalue weighted by Crippen LogP contribution is 2.30. The Morgan fingerprint density at radius 3 is 2.83 bits per heavy atom. The summed E-state index contributed by atoms with van der Waals surface area (Å²) in [6.07, 6.45) is 3.60. The Morgan fingerprint density at radius 2 is 2.08 bits per heavy atom. The van der Waals surface area contributed by atoms with Gasteiger partial charge >= 0.3 is 0 Å². The largest absolute Gasteiger partial charge is 0.334 e. The number of hydrogen-bond donors (Lipinski definition) is 1. The number of benzene rings is 1. The van der Waals surface area contributed by atoms with E-state index in [2.05, 4.69) is 46.1 Å². The molecular formula is C18H21BrN4O. The van der Waals surface area contributed by atoms with E-state index in [4.69, 9.17) is 0 Å². The molecule has 3 rings (SSSR count). The first-order valence-electron chi connectivity index (χ1n) is 8.01. The van der Waals surface area contributed by atoms with Crippen LogP contribution < -0.4 is 5.32 Å². The molecule has 24 heavy (non-hydrogen) atoms. The van der Waals surface area contributed by atoms with E-state index >= 15 is 0 Å². The molecular weight excluding hydrogens is 368 g/mol. The highest BCUT2D eigenvalue weighted by atomic mass is 79.9. The van der Waals surface area contributed by atoms with Crippen molar-refractivity contribution in [2.45, 2.75) is 33.9 Å². The second kappa shape index (κ2) is 6.81. The third-order valence-electron chi connectivity index (χ3n) is 3.98. The maximum Gasteiger partial charge on any atom is 0.246 e.